The van der Waals surface area contributed by atoms with Crippen LogP contribution in [0.3, 0.4) is 0 Å². The maximum Gasteiger partial charge on any atom is 0.265 e. The minimum absolute atomic E-state index is 0.0472. The molecule has 1 saturated heterocycles. The molecule has 2 N–H and O–H groups in total. The molecule has 0 aliphatic carbocycles. The lowest BCUT2D eigenvalue weighted by atomic mass is 10.1. The Kier molecular flexibility index (Phi) is 3.29. The summed E-state index contributed by atoms with van der Waals surface area (Å²) in [5.41, 5.74) is 5.58. The summed E-state index contributed by atoms with van der Waals surface area (Å²) >= 11 is 7.32. The smallest absolute Gasteiger partial charge is 0.265 e. The molecule has 1 fully saturated rings. The number of likely N-dealkylation sites (tertiary alicyclic amines) is 1. The normalized spacial score (nSPS) is 20.9. The van der Waals surface area contributed by atoms with Crippen molar-refractivity contribution in [3.05, 3.63) is 21.3 Å². The summed E-state index contributed by atoms with van der Waals surface area (Å²) in [4.78, 5) is 14.5. The van der Waals surface area contributed by atoms with Crippen molar-refractivity contribution in [2.75, 3.05) is 19.6 Å². The minimum Gasteiger partial charge on any atom is -0.338 e. The summed E-state index contributed by atoms with van der Waals surface area (Å²) in [5, 5.41) is 2.40. The quantitative estimate of drug-likeness (QED) is 0.863. The highest BCUT2D eigenvalue weighted by atomic mass is 35.5. The van der Waals surface area contributed by atoms with Crippen LogP contribution in [0.15, 0.2) is 11.4 Å². The van der Waals surface area contributed by atoms with Crippen molar-refractivity contribution >= 4 is 28.8 Å². The van der Waals surface area contributed by atoms with E-state index in [9.17, 15) is 4.79 Å². The van der Waals surface area contributed by atoms with E-state index in [1.165, 1.54) is 11.3 Å². The molecule has 15 heavy (non-hydrogen) atoms. The van der Waals surface area contributed by atoms with Crippen LogP contribution in [0.4, 0.5) is 0 Å². The molecule has 0 aromatic carbocycles. The van der Waals surface area contributed by atoms with Crippen LogP contribution < -0.4 is 5.73 Å². The molecule has 1 aromatic heterocycles. The van der Waals surface area contributed by atoms with Gasteiger partial charge in [-0.1, -0.05) is 11.6 Å². The lowest BCUT2D eigenvalue weighted by Gasteiger charge is -2.15. The Morgan fingerprint density at radius 3 is 3.07 bits per heavy atom. The maximum absolute atomic E-state index is 12.0. The SMILES string of the molecule is NCC1CCN(C(=O)c2sccc2Cl)C1. The van der Waals surface area contributed by atoms with Gasteiger partial charge in [0.1, 0.15) is 4.88 Å². The largest absolute Gasteiger partial charge is 0.338 e. The van der Waals surface area contributed by atoms with Crippen molar-refractivity contribution in [3.8, 4) is 0 Å². The van der Waals surface area contributed by atoms with Crippen LogP contribution in [0, 0.1) is 5.92 Å². The molecule has 1 unspecified atom stereocenters. The molecule has 3 nitrogen and oxygen atoms in total. The van der Waals surface area contributed by atoms with E-state index in [2.05, 4.69) is 0 Å². The van der Waals surface area contributed by atoms with Gasteiger partial charge in [-0.15, -0.1) is 11.3 Å². The number of halogens is 1. The lowest BCUT2D eigenvalue weighted by Crippen LogP contribution is -2.29. The van der Waals surface area contributed by atoms with Gasteiger partial charge in [-0.3, -0.25) is 4.79 Å². The van der Waals surface area contributed by atoms with Gasteiger partial charge in [0.25, 0.3) is 5.91 Å². The van der Waals surface area contributed by atoms with E-state index >= 15 is 0 Å². The molecule has 0 bridgehead atoms. The number of hydrogen-bond acceptors (Lipinski definition) is 3. The fraction of sp³-hybridized carbons (Fsp3) is 0.500. The van der Waals surface area contributed by atoms with E-state index in [1.54, 1.807) is 6.07 Å². The lowest BCUT2D eigenvalue weighted by molar-refractivity contribution is 0.0792. The molecule has 5 heteroatoms. The molecule has 0 radical (unpaired) electrons. The van der Waals surface area contributed by atoms with Gasteiger partial charge in [0.05, 0.1) is 5.02 Å². The van der Waals surface area contributed by atoms with E-state index in [4.69, 9.17) is 17.3 Å². The van der Waals surface area contributed by atoms with Crippen molar-refractivity contribution in [2.45, 2.75) is 6.42 Å². The van der Waals surface area contributed by atoms with Crippen molar-refractivity contribution in [1.29, 1.82) is 0 Å². The zero-order chi connectivity index (χ0) is 10.8. The van der Waals surface area contributed by atoms with Crippen LogP contribution in [0.1, 0.15) is 16.1 Å². The number of hydrogen-bond donors (Lipinski definition) is 1. The van der Waals surface area contributed by atoms with Gasteiger partial charge in [-0.25, -0.2) is 0 Å². The second kappa shape index (κ2) is 4.51. The first-order chi connectivity index (χ1) is 7.22. The third-order valence-corrected chi connectivity index (χ3v) is 4.05. The molecule has 2 heterocycles. The standard InChI is InChI=1S/C10H13ClN2OS/c11-8-2-4-15-9(8)10(14)13-3-1-7(5-12)6-13/h2,4,7H,1,3,5-6,12H2. The Hall–Kier alpha value is -0.580. The topological polar surface area (TPSA) is 46.3 Å². The molecule has 2 rings (SSSR count). The molecule has 1 atom stereocenters. The van der Waals surface area contributed by atoms with Gasteiger partial charge >= 0.3 is 0 Å². The number of thiophene rings is 1. The van der Waals surface area contributed by atoms with Crippen LogP contribution in [-0.4, -0.2) is 30.4 Å². The van der Waals surface area contributed by atoms with Crippen molar-refractivity contribution < 1.29 is 4.79 Å². The van der Waals surface area contributed by atoms with E-state index in [0.717, 1.165) is 19.5 Å². The van der Waals surface area contributed by atoms with E-state index in [-0.39, 0.29) is 5.91 Å². The van der Waals surface area contributed by atoms with E-state index in [1.807, 2.05) is 10.3 Å². The zero-order valence-corrected chi connectivity index (χ0v) is 9.85. The third kappa shape index (κ3) is 2.17. The van der Waals surface area contributed by atoms with E-state index in [0.29, 0.717) is 22.4 Å². The monoisotopic (exact) mass is 244 g/mol. The van der Waals surface area contributed by atoms with Crippen molar-refractivity contribution in [1.82, 2.24) is 4.90 Å². The number of amides is 1. The number of nitrogens with two attached hydrogens (primary N) is 1. The first-order valence-corrected chi connectivity index (χ1v) is 6.20. The van der Waals surface area contributed by atoms with Gasteiger partial charge in [0, 0.05) is 13.1 Å². The van der Waals surface area contributed by atoms with Gasteiger partial charge in [-0.05, 0) is 30.3 Å². The van der Waals surface area contributed by atoms with E-state index < -0.39 is 0 Å². The van der Waals surface area contributed by atoms with Crippen LogP contribution in [0.2, 0.25) is 5.02 Å². The summed E-state index contributed by atoms with van der Waals surface area (Å²) in [6.07, 6.45) is 1.01. The highest BCUT2D eigenvalue weighted by Crippen LogP contribution is 2.26. The second-order valence-electron chi connectivity index (χ2n) is 3.74. The van der Waals surface area contributed by atoms with Crippen LogP contribution >= 0.6 is 22.9 Å². The fourth-order valence-electron chi connectivity index (χ4n) is 1.80. The van der Waals surface area contributed by atoms with Crippen LogP contribution in [-0.2, 0) is 0 Å². The summed E-state index contributed by atoms with van der Waals surface area (Å²) in [6.45, 7) is 2.22. The summed E-state index contributed by atoms with van der Waals surface area (Å²) in [6, 6.07) is 1.76. The molecule has 1 aliphatic heterocycles. The Balaban J connectivity index is 2.07. The summed E-state index contributed by atoms with van der Waals surface area (Å²) in [7, 11) is 0. The number of carbonyl (C=O) groups is 1. The molecule has 0 saturated carbocycles. The summed E-state index contributed by atoms with van der Waals surface area (Å²) in [5.74, 6) is 0.499. The first kappa shape index (κ1) is 10.9. The van der Waals surface area contributed by atoms with Gasteiger partial charge < -0.3 is 10.6 Å². The predicted molar refractivity (Wildman–Crippen MR) is 62.4 cm³/mol. The minimum atomic E-state index is 0.0472. The third-order valence-electron chi connectivity index (χ3n) is 2.72. The average molecular weight is 245 g/mol. The molecular weight excluding hydrogens is 232 g/mol. The molecule has 82 valence electrons. The summed E-state index contributed by atoms with van der Waals surface area (Å²) < 4.78 is 0. The van der Waals surface area contributed by atoms with Crippen LogP contribution in [0.25, 0.3) is 0 Å². The molecule has 1 aliphatic rings. The molecule has 1 amide bonds. The fourth-order valence-corrected chi connectivity index (χ4v) is 2.90. The van der Waals surface area contributed by atoms with Gasteiger partial charge in [0.2, 0.25) is 0 Å². The Morgan fingerprint density at radius 2 is 2.53 bits per heavy atom. The van der Waals surface area contributed by atoms with Gasteiger partial charge in [0.15, 0.2) is 0 Å². The highest BCUT2D eigenvalue weighted by Gasteiger charge is 2.27. The number of rotatable bonds is 2. The second-order valence-corrected chi connectivity index (χ2v) is 5.06. The average Bonchev–Trinajstić information content (AvgIpc) is 2.84. The Bertz CT molecular complexity index is 366. The molecule has 1 aromatic rings. The van der Waals surface area contributed by atoms with Crippen molar-refractivity contribution in [3.63, 3.8) is 0 Å². The Morgan fingerprint density at radius 1 is 1.73 bits per heavy atom. The number of carbonyl (C=O) groups excluding carboxylic acids is 1. The zero-order valence-electron chi connectivity index (χ0n) is 8.28. The Labute approximate surface area is 97.8 Å². The molecular formula is C10H13ClN2OS. The van der Waals surface area contributed by atoms with Crippen molar-refractivity contribution in [2.24, 2.45) is 11.7 Å². The highest BCUT2D eigenvalue weighted by molar-refractivity contribution is 7.12. The van der Waals surface area contributed by atoms with Crippen LogP contribution in [0.5, 0.6) is 0 Å². The maximum atomic E-state index is 12.0. The molecule has 0 spiro atoms. The number of nitrogens with zero attached hydrogens (tertiary/aromatic N) is 1. The first-order valence-electron chi connectivity index (χ1n) is 4.94. The van der Waals surface area contributed by atoms with Gasteiger partial charge in [-0.2, -0.15) is 0 Å². The predicted octanol–water partition coefficient (Wildman–Crippen LogP) is 1.82.